The summed E-state index contributed by atoms with van der Waals surface area (Å²) >= 11 is 6.26. The van der Waals surface area contributed by atoms with Gasteiger partial charge >= 0.3 is 0 Å². The van der Waals surface area contributed by atoms with Gasteiger partial charge in [-0.25, -0.2) is 0 Å². The molecule has 5 nitrogen and oxygen atoms in total. The van der Waals surface area contributed by atoms with E-state index in [0.717, 1.165) is 61.7 Å². The number of piperidine rings is 1. The zero-order valence-electron chi connectivity index (χ0n) is 15.5. The van der Waals surface area contributed by atoms with Crippen molar-refractivity contribution >= 4 is 17.5 Å². The summed E-state index contributed by atoms with van der Waals surface area (Å²) in [5, 5.41) is 8.33. The van der Waals surface area contributed by atoms with Gasteiger partial charge in [0.15, 0.2) is 0 Å². The van der Waals surface area contributed by atoms with Gasteiger partial charge in [-0.3, -0.25) is 14.4 Å². The highest BCUT2D eigenvalue weighted by Crippen LogP contribution is 2.20. The number of nitrogens with zero attached hydrogens (tertiary/aromatic N) is 3. The predicted molar refractivity (Wildman–Crippen MR) is 104 cm³/mol. The molecule has 2 aromatic rings. The second kappa shape index (κ2) is 8.69. The van der Waals surface area contributed by atoms with Crippen LogP contribution in [0.2, 0.25) is 5.02 Å². The van der Waals surface area contributed by atoms with Crippen LogP contribution in [0.1, 0.15) is 47.8 Å². The number of rotatable bonds is 6. The first-order valence-corrected chi connectivity index (χ1v) is 9.75. The lowest BCUT2D eigenvalue weighted by molar-refractivity contribution is 0.0908. The van der Waals surface area contributed by atoms with Crippen LogP contribution in [0.25, 0.3) is 0 Å². The van der Waals surface area contributed by atoms with Crippen molar-refractivity contribution in [2.75, 3.05) is 13.1 Å². The van der Waals surface area contributed by atoms with E-state index in [4.69, 9.17) is 11.6 Å². The van der Waals surface area contributed by atoms with Crippen molar-refractivity contribution in [3.8, 4) is 0 Å². The van der Waals surface area contributed by atoms with Gasteiger partial charge in [0.05, 0.1) is 11.8 Å². The van der Waals surface area contributed by atoms with Crippen LogP contribution in [0, 0.1) is 6.92 Å². The molecule has 0 bridgehead atoms. The standard InChI is InChI=1S/C20H27ClN4O/c1-3-10-25-15(2)18(13-22-25)20(26)23-17-8-11-24(12-9-17)14-16-6-4-5-7-19(16)21/h4-7,13,17H,3,8-12,14H2,1-2H3,(H,23,26). The van der Waals surface area contributed by atoms with Gasteiger partial charge in [0.2, 0.25) is 0 Å². The Hall–Kier alpha value is -1.85. The number of halogens is 1. The summed E-state index contributed by atoms with van der Waals surface area (Å²) in [6, 6.07) is 8.21. The van der Waals surface area contributed by atoms with E-state index in [2.05, 4.69) is 28.3 Å². The molecule has 1 aromatic carbocycles. The highest BCUT2D eigenvalue weighted by molar-refractivity contribution is 6.31. The lowest BCUT2D eigenvalue weighted by Gasteiger charge is -2.32. The second-order valence-corrected chi connectivity index (χ2v) is 7.39. The molecule has 1 aliphatic rings. The average molecular weight is 375 g/mol. The smallest absolute Gasteiger partial charge is 0.254 e. The number of nitrogens with one attached hydrogen (secondary N) is 1. The van der Waals surface area contributed by atoms with Crippen LogP contribution < -0.4 is 5.32 Å². The molecule has 0 unspecified atom stereocenters. The van der Waals surface area contributed by atoms with E-state index in [9.17, 15) is 4.79 Å². The summed E-state index contributed by atoms with van der Waals surface area (Å²) < 4.78 is 1.90. The molecular weight excluding hydrogens is 348 g/mol. The monoisotopic (exact) mass is 374 g/mol. The van der Waals surface area contributed by atoms with Crippen LogP contribution in [-0.4, -0.2) is 39.7 Å². The summed E-state index contributed by atoms with van der Waals surface area (Å²) in [4.78, 5) is 15.0. The molecule has 0 aliphatic carbocycles. The van der Waals surface area contributed by atoms with E-state index in [1.165, 1.54) is 0 Å². The first kappa shape index (κ1) is 18.9. The Kier molecular flexibility index (Phi) is 6.33. The highest BCUT2D eigenvalue weighted by Gasteiger charge is 2.23. The van der Waals surface area contributed by atoms with Crippen LogP contribution in [0.3, 0.4) is 0 Å². The van der Waals surface area contributed by atoms with Crippen LogP contribution >= 0.6 is 11.6 Å². The van der Waals surface area contributed by atoms with Crippen molar-refractivity contribution in [3.63, 3.8) is 0 Å². The Morgan fingerprint density at radius 3 is 2.73 bits per heavy atom. The molecule has 2 heterocycles. The topological polar surface area (TPSA) is 50.2 Å². The molecule has 26 heavy (non-hydrogen) atoms. The van der Waals surface area contributed by atoms with Gasteiger partial charge in [0.1, 0.15) is 0 Å². The molecule has 1 N–H and O–H groups in total. The molecule has 0 atom stereocenters. The molecule has 1 aliphatic heterocycles. The normalized spacial score (nSPS) is 16.0. The Labute approximate surface area is 160 Å². The Balaban J connectivity index is 1.51. The molecular formula is C20H27ClN4O. The summed E-state index contributed by atoms with van der Waals surface area (Å²) in [6.45, 7) is 7.71. The van der Waals surface area contributed by atoms with E-state index >= 15 is 0 Å². The Morgan fingerprint density at radius 1 is 1.31 bits per heavy atom. The lowest BCUT2D eigenvalue weighted by Crippen LogP contribution is -2.44. The Morgan fingerprint density at radius 2 is 2.04 bits per heavy atom. The SMILES string of the molecule is CCCn1ncc(C(=O)NC2CCN(Cc3ccccc3Cl)CC2)c1C. The maximum absolute atomic E-state index is 12.6. The number of hydrogen-bond donors (Lipinski definition) is 1. The van der Waals surface area contributed by atoms with Crippen molar-refractivity contribution in [2.24, 2.45) is 0 Å². The number of aryl methyl sites for hydroxylation is 1. The van der Waals surface area contributed by atoms with Crippen molar-refractivity contribution in [3.05, 3.63) is 52.3 Å². The number of hydrogen-bond acceptors (Lipinski definition) is 3. The van der Waals surface area contributed by atoms with Gasteiger partial charge < -0.3 is 5.32 Å². The van der Waals surface area contributed by atoms with E-state index in [1.54, 1.807) is 6.20 Å². The minimum atomic E-state index is -0.00518. The first-order chi connectivity index (χ1) is 12.6. The molecule has 0 saturated carbocycles. The average Bonchev–Trinajstić information content (AvgIpc) is 3.00. The maximum Gasteiger partial charge on any atom is 0.254 e. The minimum absolute atomic E-state index is 0.00518. The number of aromatic nitrogens is 2. The summed E-state index contributed by atoms with van der Waals surface area (Å²) in [6.07, 6.45) is 4.61. The highest BCUT2D eigenvalue weighted by atomic mass is 35.5. The van der Waals surface area contributed by atoms with Crippen LogP contribution in [0.15, 0.2) is 30.5 Å². The van der Waals surface area contributed by atoms with Crippen LogP contribution in [0.5, 0.6) is 0 Å². The molecule has 1 amide bonds. The fourth-order valence-electron chi connectivity index (χ4n) is 3.47. The van der Waals surface area contributed by atoms with Crippen molar-refractivity contribution in [1.82, 2.24) is 20.0 Å². The van der Waals surface area contributed by atoms with Crippen LogP contribution in [-0.2, 0) is 13.1 Å². The molecule has 1 saturated heterocycles. The number of likely N-dealkylation sites (tertiary alicyclic amines) is 1. The number of carbonyl (C=O) groups excluding carboxylic acids is 1. The maximum atomic E-state index is 12.6. The van der Waals surface area contributed by atoms with E-state index < -0.39 is 0 Å². The Bertz CT molecular complexity index is 750. The number of amides is 1. The molecule has 6 heteroatoms. The summed E-state index contributed by atoms with van der Waals surface area (Å²) in [7, 11) is 0. The molecule has 140 valence electrons. The third kappa shape index (κ3) is 4.46. The fraction of sp³-hybridized carbons (Fsp3) is 0.500. The van der Waals surface area contributed by atoms with Crippen LogP contribution in [0.4, 0.5) is 0 Å². The lowest BCUT2D eigenvalue weighted by atomic mass is 10.0. The third-order valence-corrected chi connectivity index (χ3v) is 5.43. The molecule has 1 fully saturated rings. The second-order valence-electron chi connectivity index (χ2n) is 6.98. The predicted octanol–water partition coefficient (Wildman–Crippen LogP) is 3.65. The zero-order chi connectivity index (χ0) is 18.5. The molecule has 0 spiro atoms. The van der Waals surface area contributed by atoms with E-state index in [0.29, 0.717) is 5.56 Å². The summed E-state index contributed by atoms with van der Waals surface area (Å²) in [5.41, 5.74) is 2.80. The van der Waals surface area contributed by atoms with Gasteiger partial charge in [-0.1, -0.05) is 36.7 Å². The van der Waals surface area contributed by atoms with Gasteiger partial charge in [0, 0.05) is 42.9 Å². The van der Waals surface area contributed by atoms with Crippen molar-refractivity contribution in [1.29, 1.82) is 0 Å². The number of carbonyl (C=O) groups is 1. The number of benzene rings is 1. The largest absolute Gasteiger partial charge is 0.349 e. The minimum Gasteiger partial charge on any atom is -0.349 e. The van der Waals surface area contributed by atoms with E-state index in [1.807, 2.05) is 29.8 Å². The van der Waals surface area contributed by atoms with Gasteiger partial charge in [-0.05, 0) is 37.8 Å². The quantitative estimate of drug-likeness (QED) is 0.839. The molecule has 1 aromatic heterocycles. The fourth-order valence-corrected chi connectivity index (χ4v) is 3.67. The third-order valence-electron chi connectivity index (χ3n) is 5.06. The van der Waals surface area contributed by atoms with Gasteiger partial charge in [-0.2, -0.15) is 5.10 Å². The van der Waals surface area contributed by atoms with Gasteiger partial charge in [-0.15, -0.1) is 0 Å². The summed E-state index contributed by atoms with van der Waals surface area (Å²) in [5.74, 6) is -0.00518. The van der Waals surface area contributed by atoms with E-state index in [-0.39, 0.29) is 11.9 Å². The van der Waals surface area contributed by atoms with Crippen molar-refractivity contribution < 1.29 is 4.79 Å². The van der Waals surface area contributed by atoms with Crippen molar-refractivity contribution in [2.45, 2.75) is 52.2 Å². The molecule has 3 rings (SSSR count). The first-order valence-electron chi connectivity index (χ1n) is 9.37. The zero-order valence-corrected chi connectivity index (χ0v) is 16.3. The van der Waals surface area contributed by atoms with Gasteiger partial charge in [0.25, 0.3) is 5.91 Å². The molecule has 0 radical (unpaired) electrons.